The topological polar surface area (TPSA) is 127 Å². The molecule has 0 spiro atoms. The molecule has 0 radical (unpaired) electrons. The Morgan fingerprint density at radius 2 is 1.58 bits per heavy atom. The first kappa shape index (κ1) is 35.9. The van der Waals surface area contributed by atoms with Gasteiger partial charge in [0.1, 0.15) is 25.7 Å². The van der Waals surface area contributed by atoms with Gasteiger partial charge in [0.05, 0.1) is 29.0 Å². The molecular formula is C26H48N2NaO6S+. The maximum atomic E-state index is 12.8. The van der Waals surface area contributed by atoms with E-state index >= 15 is 0 Å². The molecular weight excluding hydrogens is 491 g/mol. The van der Waals surface area contributed by atoms with Crippen molar-refractivity contribution in [3.63, 3.8) is 0 Å². The number of rotatable bonds is 22. The molecule has 1 heterocycles. The first-order valence-electron chi connectivity index (χ1n) is 13.6. The summed E-state index contributed by atoms with van der Waals surface area (Å²) in [6, 6.07) is 0. The molecule has 0 aromatic heterocycles. The van der Waals surface area contributed by atoms with Crippen molar-refractivity contribution in [3.8, 4) is 0 Å². The first-order chi connectivity index (χ1) is 16.7. The second kappa shape index (κ2) is 20.8. The number of unbranched alkanes of at least 4 members (excludes halogenated alkanes) is 11. The maximum Gasteiger partial charge on any atom is 1.00 e. The van der Waals surface area contributed by atoms with E-state index in [0.29, 0.717) is 19.5 Å². The van der Waals surface area contributed by atoms with Gasteiger partial charge in [-0.25, -0.2) is 13.4 Å². The zero-order valence-corrected chi connectivity index (χ0v) is 25.5. The van der Waals surface area contributed by atoms with Crippen LogP contribution in [0.1, 0.15) is 96.8 Å². The van der Waals surface area contributed by atoms with Gasteiger partial charge in [-0.1, -0.05) is 70.4 Å². The second-order valence-electron chi connectivity index (χ2n) is 9.84. The number of amidine groups is 1. The van der Waals surface area contributed by atoms with E-state index in [1.54, 1.807) is 0 Å². The number of aliphatic imine (C=N–C) groups is 1. The number of quaternary nitrogens is 1. The summed E-state index contributed by atoms with van der Waals surface area (Å²) in [6.45, 7) is 2.84. The number of aliphatic hydroxyl groups is 2. The van der Waals surface area contributed by atoms with Crippen molar-refractivity contribution in [1.82, 2.24) is 0 Å². The number of hydrogen-bond donors (Lipinski definition) is 2. The quantitative estimate of drug-likeness (QED) is 0.0686. The minimum absolute atomic E-state index is 0. The fourth-order valence-electron chi connectivity index (χ4n) is 4.79. The number of carbonyl (C=O) groups excluding carboxylic acids is 1. The van der Waals surface area contributed by atoms with E-state index in [2.05, 4.69) is 24.1 Å². The van der Waals surface area contributed by atoms with Crippen molar-refractivity contribution >= 4 is 21.7 Å². The van der Waals surface area contributed by atoms with Crippen LogP contribution in [0.3, 0.4) is 0 Å². The van der Waals surface area contributed by atoms with Gasteiger partial charge in [0, 0.05) is 6.42 Å². The fraction of sp³-hybridized carbons (Fsp3) is 0.846. The zero-order valence-electron chi connectivity index (χ0n) is 22.7. The molecule has 204 valence electrons. The minimum atomic E-state index is -4.58. The van der Waals surface area contributed by atoms with Gasteiger partial charge < -0.3 is 14.8 Å². The van der Waals surface area contributed by atoms with Gasteiger partial charge in [0.25, 0.3) is 5.84 Å². The fourth-order valence-corrected chi connectivity index (χ4v) is 5.37. The van der Waals surface area contributed by atoms with Gasteiger partial charge in [-0.2, -0.15) is 0 Å². The van der Waals surface area contributed by atoms with Crippen molar-refractivity contribution in [2.75, 3.05) is 38.5 Å². The number of hydrogen-bond acceptors (Lipinski definition) is 7. The standard InChI is InChI=1S/C26H48N2O6S.Na/c1-2-3-4-5-6-7-8-9-10-11-12-13-14-15-16-17-25(31)26-27-18-19-28(26,20-21-29)22-24(30)23-35(32,33)34;/h10-11,24,29-30H,2-9,12-23H2,1H3;/q;+1/b11-10+;. The van der Waals surface area contributed by atoms with Crippen molar-refractivity contribution in [3.05, 3.63) is 12.2 Å². The molecule has 1 aliphatic heterocycles. The van der Waals surface area contributed by atoms with Crippen molar-refractivity contribution in [1.29, 1.82) is 0 Å². The SMILES string of the molecule is CCCCCCCCC/C=C/CCCCCCC(=O)C1=NCC[N+]1(CCO)CC(O)CS(=O)(=O)[O-].[Na+]. The minimum Gasteiger partial charge on any atom is -0.748 e. The summed E-state index contributed by atoms with van der Waals surface area (Å²) < 4.78 is 32.9. The molecule has 36 heavy (non-hydrogen) atoms. The average molecular weight is 540 g/mol. The Balaban J connectivity index is 0.0000122. The van der Waals surface area contributed by atoms with Crippen LogP contribution >= 0.6 is 0 Å². The molecule has 0 saturated heterocycles. The summed E-state index contributed by atoms with van der Waals surface area (Å²) in [4.78, 5) is 17.2. The molecule has 0 saturated carbocycles. The number of aliphatic hydroxyl groups excluding tert-OH is 2. The van der Waals surface area contributed by atoms with E-state index in [0.717, 1.165) is 38.5 Å². The summed E-state index contributed by atoms with van der Waals surface area (Å²) >= 11 is 0. The van der Waals surface area contributed by atoms with Gasteiger partial charge in [-0.15, -0.1) is 0 Å². The monoisotopic (exact) mass is 539 g/mol. The van der Waals surface area contributed by atoms with E-state index in [1.807, 2.05) is 0 Å². The molecule has 0 amide bonds. The van der Waals surface area contributed by atoms with E-state index in [9.17, 15) is 28.0 Å². The predicted octanol–water partition coefficient (Wildman–Crippen LogP) is 0.724. The van der Waals surface area contributed by atoms with Crippen LogP contribution < -0.4 is 29.6 Å². The maximum absolute atomic E-state index is 12.8. The van der Waals surface area contributed by atoms with E-state index in [-0.39, 0.29) is 65.4 Å². The molecule has 0 bridgehead atoms. The second-order valence-corrected chi connectivity index (χ2v) is 11.3. The molecule has 0 aliphatic carbocycles. The normalized spacial score (nSPS) is 18.8. The smallest absolute Gasteiger partial charge is 0.748 e. The largest absolute Gasteiger partial charge is 1.00 e. The summed E-state index contributed by atoms with van der Waals surface area (Å²) in [5, 5.41) is 19.6. The Bertz CT molecular complexity index is 760. The molecule has 2 unspecified atom stereocenters. The zero-order chi connectivity index (χ0) is 26.0. The molecule has 0 aromatic rings. The number of allylic oxidation sites excluding steroid dienone is 2. The van der Waals surface area contributed by atoms with Crippen LogP contribution in [-0.2, 0) is 14.9 Å². The number of Topliss-reactive ketones (excluding diaryl/α,β-unsaturated/α-hetero) is 1. The van der Waals surface area contributed by atoms with E-state index < -0.39 is 22.0 Å². The average Bonchev–Trinajstić information content (AvgIpc) is 3.18. The van der Waals surface area contributed by atoms with Crippen molar-refractivity contribution in [2.45, 2.75) is 103 Å². The van der Waals surface area contributed by atoms with Crippen LogP contribution in [0.15, 0.2) is 17.1 Å². The van der Waals surface area contributed by atoms with Crippen LogP contribution in [-0.4, -0.2) is 83.9 Å². The summed E-state index contributed by atoms with van der Waals surface area (Å²) in [5.41, 5.74) is 0. The van der Waals surface area contributed by atoms with E-state index in [4.69, 9.17) is 0 Å². The third kappa shape index (κ3) is 16.0. The number of ketones is 1. The van der Waals surface area contributed by atoms with Gasteiger partial charge in [-0.3, -0.25) is 9.28 Å². The summed E-state index contributed by atoms with van der Waals surface area (Å²) in [5.74, 6) is -0.745. The molecule has 2 N–H and O–H groups in total. The van der Waals surface area contributed by atoms with Gasteiger partial charge in [0.2, 0.25) is 5.78 Å². The molecule has 0 aromatic carbocycles. The van der Waals surface area contributed by atoms with Crippen LogP contribution in [0.25, 0.3) is 0 Å². The van der Waals surface area contributed by atoms with Crippen LogP contribution in [0.5, 0.6) is 0 Å². The third-order valence-corrected chi connectivity index (χ3v) is 7.43. The molecule has 0 fully saturated rings. The van der Waals surface area contributed by atoms with Crippen LogP contribution in [0, 0.1) is 0 Å². The predicted molar refractivity (Wildman–Crippen MR) is 139 cm³/mol. The Kier molecular flexibility index (Phi) is 20.7. The van der Waals surface area contributed by atoms with Crippen LogP contribution in [0.2, 0.25) is 0 Å². The summed E-state index contributed by atoms with van der Waals surface area (Å²) in [7, 11) is -4.58. The Labute approximate surface area is 241 Å². The molecule has 10 heteroatoms. The number of carbonyl (C=O) groups is 1. The van der Waals surface area contributed by atoms with Gasteiger partial charge in [-0.05, 0) is 32.1 Å². The Morgan fingerprint density at radius 3 is 2.14 bits per heavy atom. The first-order valence-corrected chi connectivity index (χ1v) is 15.1. The van der Waals surface area contributed by atoms with E-state index in [1.165, 1.54) is 44.9 Å². The molecule has 1 rings (SSSR count). The van der Waals surface area contributed by atoms with Crippen molar-refractivity contribution < 1.29 is 62.0 Å². The Morgan fingerprint density at radius 1 is 1.03 bits per heavy atom. The van der Waals surface area contributed by atoms with Gasteiger partial charge >= 0.3 is 29.6 Å². The molecule has 1 aliphatic rings. The number of nitrogens with zero attached hydrogens (tertiary/aromatic N) is 2. The molecule has 8 nitrogen and oxygen atoms in total. The Hall–Kier alpha value is -0.130. The van der Waals surface area contributed by atoms with Crippen LogP contribution in [0.4, 0.5) is 0 Å². The molecule has 2 atom stereocenters. The van der Waals surface area contributed by atoms with Gasteiger partial charge in [0.15, 0.2) is 0 Å². The third-order valence-electron chi connectivity index (χ3n) is 6.64. The van der Waals surface area contributed by atoms with Crippen molar-refractivity contribution in [2.24, 2.45) is 4.99 Å². The summed E-state index contributed by atoms with van der Waals surface area (Å²) in [6.07, 6.45) is 18.9.